The van der Waals surface area contributed by atoms with Gasteiger partial charge in [-0.3, -0.25) is 9.59 Å². The summed E-state index contributed by atoms with van der Waals surface area (Å²) in [5.74, 6) is -0.845. The third-order valence-electron chi connectivity index (χ3n) is 3.49. The van der Waals surface area contributed by atoms with Gasteiger partial charge >= 0.3 is 5.97 Å². The monoisotopic (exact) mass is 373 g/mol. The van der Waals surface area contributed by atoms with Gasteiger partial charge in [0, 0.05) is 5.02 Å². The maximum atomic E-state index is 12.6. The summed E-state index contributed by atoms with van der Waals surface area (Å²) in [5.41, 5.74) is 1.54. The molecule has 1 fully saturated rings. The minimum absolute atomic E-state index is 0.302. The fourth-order valence-corrected chi connectivity index (χ4v) is 3.32. The summed E-state index contributed by atoms with van der Waals surface area (Å²) in [5, 5.41) is 0.0589. The lowest BCUT2D eigenvalue weighted by Gasteiger charge is -2.12. The molecule has 7 heteroatoms. The first-order valence-electron chi connectivity index (χ1n) is 7.21. The molecule has 0 bridgehead atoms. The Labute approximate surface area is 153 Å². The molecule has 0 atom stereocenters. The minimum Gasteiger partial charge on any atom is -0.465 e. The van der Waals surface area contributed by atoms with Crippen molar-refractivity contribution in [2.45, 2.75) is 0 Å². The molecule has 0 spiro atoms. The first-order valence-corrected chi connectivity index (χ1v) is 8.41. The van der Waals surface area contributed by atoms with E-state index < -0.39 is 11.9 Å². The van der Waals surface area contributed by atoms with Crippen LogP contribution in [0.5, 0.6) is 0 Å². The molecule has 5 nitrogen and oxygen atoms in total. The molecule has 0 radical (unpaired) electrons. The molecule has 1 aliphatic rings. The summed E-state index contributed by atoms with van der Waals surface area (Å²) in [6.07, 6.45) is 1.61. The molecule has 0 aromatic heterocycles. The molecule has 1 heterocycles. The van der Waals surface area contributed by atoms with Crippen molar-refractivity contribution in [2.75, 3.05) is 12.0 Å². The molecule has 25 heavy (non-hydrogen) atoms. The molecule has 3 rings (SSSR count). The van der Waals surface area contributed by atoms with Crippen LogP contribution in [-0.2, 0) is 9.53 Å². The molecule has 0 unspecified atom stereocenters. The van der Waals surface area contributed by atoms with Gasteiger partial charge in [-0.05, 0) is 53.7 Å². The summed E-state index contributed by atoms with van der Waals surface area (Å²) in [6, 6.07) is 13.1. The number of thioether (sulfide) groups is 1. The van der Waals surface area contributed by atoms with E-state index in [0.717, 1.165) is 16.7 Å². The lowest BCUT2D eigenvalue weighted by atomic mass is 10.1. The quantitative estimate of drug-likeness (QED) is 0.590. The Kier molecular flexibility index (Phi) is 4.92. The number of amides is 2. The van der Waals surface area contributed by atoms with Gasteiger partial charge in [-0.1, -0.05) is 29.8 Å². The average molecular weight is 374 g/mol. The SMILES string of the molecule is COC(=O)c1ccc(/C=C2/SC(=O)N(c3cccc(Cl)c3)C2=O)cc1. The first-order chi connectivity index (χ1) is 12.0. The Morgan fingerprint density at radius 1 is 1.16 bits per heavy atom. The van der Waals surface area contributed by atoms with E-state index in [-0.39, 0.29) is 5.24 Å². The van der Waals surface area contributed by atoms with Crippen LogP contribution in [0, 0.1) is 0 Å². The number of rotatable bonds is 3. The summed E-state index contributed by atoms with van der Waals surface area (Å²) in [7, 11) is 1.31. The number of carbonyl (C=O) groups excluding carboxylic acids is 3. The molecule has 0 saturated carbocycles. The lowest BCUT2D eigenvalue weighted by Crippen LogP contribution is -2.27. The molecular weight excluding hydrogens is 362 g/mol. The van der Waals surface area contributed by atoms with Crippen LogP contribution in [0.15, 0.2) is 53.4 Å². The normalized spacial score (nSPS) is 15.8. The zero-order valence-electron chi connectivity index (χ0n) is 13.1. The van der Waals surface area contributed by atoms with Gasteiger partial charge in [-0.25, -0.2) is 9.69 Å². The van der Waals surface area contributed by atoms with Gasteiger partial charge in [0.15, 0.2) is 0 Å². The molecular formula is C18H12ClNO4S. The highest BCUT2D eigenvalue weighted by atomic mass is 35.5. The second-order valence-corrected chi connectivity index (χ2v) is 6.54. The van der Waals surface area contributed by atoms with E-state index in [0.29, 0.717) is 26.7 Å². The number of halogens is 1. The molecule has 2 aromatic carbocycles. The number of imide groups is 1. The standard InChI is InChI=1S/C18H12ClNO4S/c1-24-17(22)12-7-5-11(6-8-12)9-15-16(21)20(18(23)25-15)14-4-2-3-13(19)10-14/h2-10H,1H3/b15-9+. The van der Waals surface area contributed by atoms with Crippen LogP contribution in [-0.4, -0.2) is 24.2 Å². The number of methoxy groups -OCH3 is 1. The van der Waals surface area contributed by atoms with Crippen LogP contribution in [0.1, 0.15) is 15.9 Å². The van der Waals surface area contributed by atoms with Crippen molar-refractivity contribution in [3.63, 3.8) is 0 Å². The van der Waals surface area contributed by atoms with Crippen LogP contribution >= 0.6 is 23.4 Å². The Morgan fingerprint density at radius 2 is 1.88 bits per heavy atom. The number of hydrogen-bond acceptors (Lipinski definition) is 5. The third kappa shape index (κ3) is 3.60. The average Bonchev–Trinajstić information content (AvgIpc) is 2.88. The number of ether oxygens (including phenoxy) is 1. The summed E-state index contributed by atoms with van der Waals surface area (Å²) >= 11 is 6.78. The van der Waals surface area contributed by atoms with Crippen molar-refractivity contribution >= 4 is 52.2 Å². The van der Waals surface area contributed by atoms with E-state index >= 15 is 0 Å². The molecule has 0 N–H and O–H groups in total. The van der Waals surface area contributed by atoms with E-state index in [9.17, 15) is 14.4 Å². The number of hydrogen-bond donors (Lipinski definition) is 0. The molecule has 1 saturated heterocycles. The van der Waals surface area contributed by atoms with E-state index in [2.05, 4.69) is 4.74 Å². The van der Waals surface area contributed by atoms with Gasteiger partial charge in [0.2, 0.25) is 0 Å². The zero-order chi connectivity index (χ0) is 18.0. The maximum absolute atomic E-state index is 12.6. The summed E-state index contributed by atoms with van der Waals surface area (Å²) < 4.78 is 4.64. The Bertz CT molecular complexity index is 892. The molecule has 1 aliphatic heterocycles. The smallest absolute Gasteiger partial charge is 0.337 e. The lowest BCUT2D eigenvalue weighted by molar-refractivity contribution is -0.113. The number of nitrogens with zero attached hydrogens (tertiary/aromatic N) is 1. The van der Waals surface area contributed by atoms with Crippen molar-refractivity contribution in [3.05, 3.63) is 69.6 Å². The predicted octanol–water partition coefficient (Wildman–Crippen LogP) is 4.37. The highest BCUT2D eigenvalue weighted by Gasteiger charge is 2.36. The number of carbonyl (C=O) groups is 3. The van der Waals surface area contributed by atoms with Crippen LogP contribution in [0.4, 0.5) is 10.5 Å². The van der Waals surface area contributed by atoms with Crippen molar-refractivity contribution in [1.29, 1.82) is 0 Å². The molecule has 0 aliphatic carbocycles. The number of benzene rings is 2. The van der Waals surface area contributed by atoms with E-state index in [1.54, 1.807) is 54.6 Å². The Balaban J connectivity index is 1.86. The van der Waals surface area contributed by atoms with Crippen molar-refractivity contribution in [3.8, 4) is 0 Å². The van der Waals surface area contributed by atoms with E-state index in [1.165, 1.54) is 7.11 Å². The fraction of sp³-hybridized carbons (Fsp3) is 0.0556. The van der Waals surface area contributed by atoms with Crippen LogP contribution in [0.2, 0.25) is 5.02 Å². The van der Waals surface area contributed by atoms with Crippen LogP contribution in [0.3, 0.4) is 0 Å². The highest BCUT2D eigenvalue weighted by Crippen LogP contribution is 2.36. The van der Waals surface area contributed by atoms with Gasteiger partial charge in [0.25, 0.3) is 11.1 Å². The predicted molar refractivity (Wildman–Crippen MR) is 97.7 cm³/mol. The molecule has 126 valence electrons. The first kappa shape index (κ1) is 17.3. The summed E-state index contributed by atoms with van der Waals surface area (Å²) in [4.78, 5) is 37.6. The van der Waals surface area contributed by atoms with E-state index in [4.69, 9.17) is 11.6 Å². The number of esters is 1. The molecule has 2 amide bonds. The third-order valence-corrected chi connectivity index (χ3v) is 4.59. The van der Waals surface area contributed by atoms with Crippen LogP contribution < -0.4 is 4.90 Å². The van der Waals surface area contributed by atoms with Gasteiger partial charge < -0.3 is 4.74 Å². The zero-order valence-corrected chi connectivity index (χ0v) is 14.6. The minimum atomic E-state index is -0.437. The van der Waals surface area contributed by atoms with Crippen molar-refractivity contribution in [1.82, 2.24) is 0 Å². The highest BCUT2D eigenvalue weighted by molar-refractivity contribution is 8.19. The van der Waals surface area contributed by atoms with E-state index in [1.807, 2.05) is 0 Å². The van der Waals surface area contributed by atoms with Crippen molar-refractivity contribution in [2.24, 2.45) is 0 Å². The van der Waals surface area contributed by atoms with Gasteiger partial charge in [0.05, 0.1) is 23.3 Å². The largest absolute Gasteiger partial charge is 0.465 e. The summed E-state index contributed by atoms with van der Waals surface area (Å²) in [6.45, 7) is 0. The fourth-order valence-electron chi connectivity index (χ4n) is 2.29. The second-order valence-electron chi connectivity index (χ2n) is 5.11. The van der Waals surface area contributed by atoms with Crippen LogP contribution in [0.25, 0.3) is 6.08 Å². The van der Waals surface area contributed by atoms with Gasteiger partial charge in [-0.15, -0.1) is 0 Å². The second kappa shape index (κ2) is 7.13. The Hall–Kier alpha value is -2.57. The van der Waals surface area contributed by atoms with Gasteiger partial charge in [-0.2, -0.15) is 0 Å². The van der Waals surface area contributed by atoms with Crippen molar-refractivity contribution < 1.29 is 19.1 Å². The molecule has 2 aromatic rings. The topological polar surface area (TPSA) is 63.7 Å². The number of anilines is 1. The maximum Gasteiger partial charge on any atom is 0.337 e. The van der Waals surface area contributed by atoms with Gasteiger partial charge in [0.1, 0.15) is 0 Å². The Morgan fingerprint density at radius 3 is 2.52 bits per heavy atom.